The molecule has 19 heavy (non-hydrogen) atoms. The van der Waals surface area contributed by atoms with Crippen LogP contribution in [0.5, 0.6) is 11.5 Å². The maximum atomic E-state index is 8.76. The second kappa shape index (κ2) is 6.62. The van der Waals surface area contributed by atoms with Crippen LogP contribution in [-0.4, -0.2) is 18.2 Å². The van der Waals surface area contributed by atoms with Crippen LogP contribution in [0, 0.1) is 11.3 Å². The lowest BCUT2D eigenvalue weighted by atomic mass is 10.2. The van der Waals surface area contributed by atoms with Crippen molar-refractivity contribution in [1.29, 1.82) is 5.26 Å². The number of nitriles is 1. The Balaban J connectivity index is 1.79. The van der Waals surface area contributed by atoms with Crippen LogP contribution < -0.4 is 9.47 Å². The molecular weight excluding hydrogens is 264 g/mol. The van der Waals surface area contributed by atoms with E-state index in [1.54, 1.807) is 36.5 Å². The third-order valence-corrected chi connectivity index (χ3v) is 2.47. The summed E-state index contributed by atoms with van der Waals surface area (Å²) >= 11 is 5.78. The van der Waals surface area contributed by atoms with Crippen molar-refractivity contribution in [3.8, 4) is 17.6 Å². The molecule has 0 amide bonds. The number of hydrogen-bond donors (Lipinski definition) is 0. The van der Waals surface area contributed by atoms with E-state index in [-0.39, 0.29) is 0 Å². The average Bonchev–Trinajstić information content (AvgIpc) is 2.44. The molecule has 96 valence electrons. The molecule has 0 bridgehead atoms. The fourth-order valence-corrected chi connectivity index (χ4v) is 1.61. The summed E-state index contributed by atoms with van der Waals surface area (Å²) in [5.74, 6) is 1.24. The van der Waals surface area contributed by atoms with Gasteiger partial charge in [0.05, 0.1) is 22.9 Å². The second-order valence-corrected chi connectivity index (χ2v) is 4.11. The molecule has 2 rings (SSSR count). The fourth-order valence-electron chi connectivity index (χ4n) is 1.45. The zero-order valence-electron chi connectivity index (χ0n) is 10.0. The third-order valence-electron chi connectivity index (χ3n) is 2.26. The van der Waals surface area contributed by atoms with Gasteiger partial charge in [0.2, 0.25) is 0 Å². The predicted molar refractivity (Wildman–Crippen MR) is 71.4 cm³/mol. The number of nitrogens with zero attached hydrogens (tertiary/aromatic N) is 2. The predicted octanol–water partition coefficient (Wildman–Crippen LogP) is 3.06. The van der Waals surface area contributed by atoms with Gasteiger partial charge in [-0.2, -0.15) is 5.26 Å². The van der Waals surface area contributed by atoms with Crippen molar-refractivity contribution in [2.24, 2.45) is 0 Å². The maximum Gasteiger partial charge on any atom is 0.139 e. The minimum absolute atomic E-state index is 0.374. The highest BCUT2D eigenvalue weighted by atomic mass is 35.5. The lowest BCUT2D eigenvalue weighted by Gasteiger charge is -2.08. The van der Waals surface area contributed by atoms with E-state index in [1.165, 1.54) is 6.20 Å². The Labute approximate surface area is 116 Å². The standard InChI is InChI=1S/C14H11ClN2O2/c15-12-7-14(10-17-9-12)19-5-4-18-13-3-1-2-11(6-13)8-16/h1-3,6-7,9-10H,4-5H2. The van der Waals surface area contributed by atoms with Crippen LogP contribution in [0.1, 0.15) is 5.56 Å². The molecule has 4 nitrogen and oxygen atoms in total. The molecule has 5 heteroatoms. The summed E-state index contributed by atoms with van der Waals surface area (Å²) in [7, 11) is 0. The van der Waals surface area contributed by atoms with E-state index in [0.29, 0.717) is 35.3 Å². The van der Waals surface area contributed by atoms with Gasteiger partial charge in [0.15, 0.2) is 0 Å². The zero-order chi connectivity index (χ0) is 13.5. The maximum absolute atomic E-state index is 8.76. The smallest absolute Gasteiger partial charge is 0.139 e. The average molecular weight is 275 g/mol. The van der Waals surface area contributed by atoms with Crippen LogP contribution >= 0.6 is 11.6 Å². The fraction of sp³-hybridized carbons (Fsp3) is 0.143. The Morgan fingerprint density at radius 3 is 2.63 bits per heavy atom. The molecule has 0 saturated carbocycles. The van der Waals surface area contributed by atoms with E-state index in [4.69, 9.17) is 26.3 Å². The van der Waals surface area contributed by atoms with E-state index in [9.17, 15) is 0 Å². The van der Waals surface area contributed by atoms with Crippen LogP contribution in [0.2, 0.25) is 5.02 Å². The van der Waals surface area contributed by atoms with Crippen molar-refractivity contribution in [1.82, 2.24) is 4.98 Å². The summed E-state index contributed by atoms with van der Waals surface area (Å²) in [5.41, 5.74) is 0.567. The monoisotopic (exact) mass is 274 g/mol. The van der Waals surface area contributed by atoms with Gasteiger partial charge >= 0.3 is 0 Å². The van der Waals surface area contributed by atoms with Crippen LogP contribution in [0.25, 0.3) is 0 Å². The number of halogens is 1. The zero-order valence-corrected chi connectivity index (χ0v) is 10.8. The number of aromatic nitrogens is 1. The minimum Gasteiger partial charge on any atom is -0.490 e. The van der Waals surface area contributed by atoms with Crippen molar-refractivity contribution in [3.63, 3.8) is 0 Å². The summed E-state index contributed by atoms with van der Waals surface area (Å²) in [4.78, 5) is 3.91. The first-order valence-corrected chi connectivity index (χ1v) is 6.02. The highest BCUT2D eigenvalue weighted by Crippen LogP contribution is 2.15. The van der Waals surface area contributed by atoms with E-state index in [0.717, 1.165) is 0 Å². The lowest BCUT2D eigenvalue weighted by Crippen LogP contribution is -2.09. The second-order valence-electron chi connectivity index (χ2n) is 3.68. The van der Waals surface area contributed by atoms with Gasteiger partial charge in [-0.15, -0.1) is 0 Å². The van der Waals surface area contributed by atoms with Gasteiger partial charge < -0.3 is 9.47 Å². The van der Waals surface area contributed by atoms with Gasteiger partial charge in [-0.05, 0) is 18.2 Å². The molecule has 0 aliphatic heterocycles. The molecule has 0 aliphatic carbocycles. The van der Waals surface area contributed by atoms with Crippen molar-refractivity contribution < 1.29 is 9.47 Å². The Bertz CT molecular complexity index is 596. The summed E-state index contributed by atoms with van der Waals surface area (Å²) in [5, 5.41) is 9.29. The Hall–Kier alpha value is -2.25. The Morgan fingerprint density at radius 2 is 1.89 bits per heavy atom. The van der Waals surface area contributed by atoms with Gasteiger partial charge in [0.25, 0.3) is 0 Å². The quantitative estimate of drug-likeness (QED) is 0.786. The normalized spacial score (nSPS) is 9.68. The number of pyridine rings is 1. The SMILES string of the molecule is N#Cc1cccc(OCCOc2cncc(Cl)c2)c1. The first-order valence-electron chi connectivity index (χ1n) is 5.64. The lowest BCUT2D eigenvalue weighted by molar-refractivity contribution is 0.216. The van der Waals surface area contributed by atoms with Gasteiger partial charge in [-0.3, -0.25) is 4.98 Å². The van der Waals surface area contributed by atoms with Gasteiger partial charge in [0, 0.05) is 12.3 Å². The van der Waals surface area contributed by atoms with Crippen LogP contribution in [0.15, 0.2) is 42.7 Å². The molecule has 0 spiro atoms. The van der Waals surface area contributed by atoms with Crippen LogP contribution in [-0.2, 0) is 0 Å². The van der Waals surface area contributed by atoms with E-state index in [1.807, 2.05) is 0 Å². The Kier molecular flexibility index (Phi) is 4.60. The van der Waals surface area contributed by atoms with Gasteiger partial charge in [0.1, 0.15) is 24.7 Å². The molecule has 2 aromatic rings. The van der Waals surface area contributed by atoms with Gasteiger partial charge in [-0.25, -0.2) is 0 Å². The number of rotatable bonds is 5. The summed E-state index contributed by atoms with van der Waals surface area (Å²) < 4.78 is 10.9. The van der Waals surface area contributed by atoms with Gasteiger partial charge in [-0.1, -0.05) is 17.7 Å². The van der Waals surface area contributed by atoms with E-state index in [2.05, 4.69) is 11.1 Å². The molecule has 1 heterocycles. The highest BCUT2D eigenvalue weighted by molar-refractivity contribution is 6.30. The molecule has 0 fully saturated rings. The summed E-state index contributed by atoms with van der Waals surface area (Å²) in [6.45, 7) is 0.750. The van der Waals surface area contributed by atoms with Crippen LogP contribution in [0.3, 0.4) is 0 Å². The number of hydrogen-bond acceptors (Lipinski definition) is 4. The first-order chi connectivity index (χ1) is 9.28. The van der Waals surface area contributed by atoms with Crippen molar-refractivity contribution in [3.05, 3.63) is 53.3 Å². The molecule has 0 saturated heterocycles. The largest absolute Gasteiger partial charge is 0.490 e. The molecule has 0 atom stereocenters. The summed E-state index contributed by atoms with van der Waals surface area (Å²) in [6.07, 6.45) is 3.13. The molecule has 0 unspecified atom stereocenters. The number of ether oxygens (including phenoxy) is 2. The van der Waals surface area contributed by atoms with E-state index >= 15 is 0 Å². The van der Waals surface area contributed by atoms with Crippen molar-refractivity contribution in [2.45, 2.75) is 0 Å². The molecule has 0 radical (unpaired) electrons. The number of benzene rings is 1. The van der Waals surface area contributed by atoms with Crippen molar-refractivity contribution >= 4 is 11.6 Å². The van der Waals surface area contributed by atoms with Crippen molar-refractivity contribution in [2.75, 3.05) is 13.2 Å². The molecule has 0 N–H and O–H groups in total. The highest BCUT2D eigenvalue weighted by Gasteiger charge is 1.98. The van der Waals surface area contributed by atoms with Crippen LogP contribution in [0.4, 0.5) is 0 Å². The molecule has 0 aliphatic rings. The molecule has 1 aromatic heterocycles. The van der Waals surface area contributed by atoms with E-state index < -0.39 is 0 Å². The Morgan fingerprint density at radius 1 is 1.11 bits per heavy atom. The summed E-state index contributed by atoms with van der Waals surface area (Å²) in [6, 6.07) is 10.7. The minimum atomic E-state index is 0.374. The third kappa shape index (κ3) is 4.16. The molecule has 1 aromatic carbocycles. The topological polar surface area (TPSA) is 55.1 Å². The molecular formula is C14H11ClN2O2. The first kappa shape index (κ1) is 13.2.